The van der Waals surface area contributed by atoms with Crippen LogP contribution in [0.5, 0.6) is 0 Å². The van der Waals surface area contributed by atoms with E-state index in [4.69, 9.17) is 0 Å². The molecule has 0 radical (unpaired) electrons. The van der Waals surface area contributed by atoms with E-state index >= 15 is 0 Å². The van der Waals surface area contributed by atoms with Gasteiger partial charge in [0, 0.05) is 57.0 Å². The molecule has 0 N–H and O–H groups in total. The summed E-state index contributed by atoms with van der Waals surface area (Å²) in [7, 11) is 0. The van der Waals surface area contributed by atoms with Gasteiger partial charge < -0.3 is 0 Å². The lowest BCUT2D eigenvalue weighted by Gasteiger charge is -2.16. The second kappa shape index (κ2) is 10.2. The predicted molar refractivity (Wildman–Crippen MR) is 183 cm³/mol. The van der Waals surface area contributed by atoms with Crippen molar-refractivity contribution in [1.82, 2.24) is 0 Å². The molecule has 6 aromatic carbocycles. The van der Waals surface area contributed by atoms with Gasteiger partial charge in [-0.05, 0) is 65.2 Å². The van der Waals surface area contributed by atoms with Gasteiger partial charge in [-0.3, -0.25) is 0 Å². The highest BCUT2D eigenvalue weighted by Crippen LogP contribution is 2.45. The summed E-state index contributed by atoms with van der Waals surface area (Å²) in [5.41, 5.74) is 5.90. The van der Waals surface area contributed by atoms with Gasteiger partial charge in [-0.2, -0.15) is 15.8 Å². The Labute approximate surface area is 261 Å². The van der Waals surface area contributed by atoms with Gasteiger partial charge >= 0.3 is 0 Å². The highest BCUT2D eigenvalue weighted by atomic mass is 32.1. The Balaban J connectivity index is 1.49. The fraction of sp³-hybridized carbons (Fsp3) is 0. The van der Waals surface area contributed by atoms with Crippen LogP contribution in [0.25, 0.3) is 73.7 Å². The van der Waals surface area contributed by atoms with Crippen LogP contribution >= 0.6 is 22.7 Å². The third-order valence-corrected chi connectivity index (χ3v) is 10.6. The Kier molecular flexibility index (Phi) is 6.00. The molecule has 8 aromatic rings. The molecular weight excluding hydrogens is 575 g/mol. The van der Waals surface area contributed by atoms with Crippen LogP contribution in [0.1, 0.15) is 16.7 Å². The molecule has 0 saturated heterocycles. The Morgan fingerprint density at radius 3 is 1.77 bits per heavy atom. The first-order valence-corrected chi connectivity index (χ1v) is 15.7. The van der Waals surface area contributed by atoms with E-state index in [0.29, 0.717) is 27.8 Å². The minimum Gasteiger partial charge on any atom is -0.192 e. The second-order valence-electron chi connectivity index (χ2n) is 10.6. The van der Waals surface area contributed by atoms with Gasteiger partial charge in [0.05, 0.1) is 28.8 Å². The van der Waals surface area contributed by atoms with Gasteiger partial charge in [0.25, 0.3) is 0 Å². The van der Waals surface area contributed by atoms with E-state index in [0.717, 1.165) is 32.3 Å². The monoisotopic (exact) mass is 593 g/mol. The minimum absolute atomic E-state index is 0.364. The molecule has 0 aliphatic rings. The van der Waals surface area contributed by atoms with E-state index in [-0.39, 0.29) is 0 Å². The highest BCUT2D eigenvalue weighted by Gasteiger charge is 2.22. The molecule has 0 saturated carbocycles. The zero-order valence-electron chi connectivity index (χ0n) is 23.1. The van der Waals surface area contributed by atoms with Gasteiger partial charge in [0.15, 0.2) is 0 Å². The number of thiophene rings is 2. The van der Waals surface area contributed by atoms with Gasteiger partial charge in [-0.1, -0.05) is 66.7 Å². The smallest absolute Gasteiger partial charge is 0.100 e. The average Bonchev–Trinajstić information content (AvgIpc) is 3.65. The minimum atomic E-state index is 0.364. The summed E-state index contributed by atoms with van der Waals surface area (Å²) in [5, 5.41) is 35.6. The van der Waals surface area contributed by atoms with Gasteiger partial charge in [0.2, 0.25) is 0 Å². The third-order valence-electron chi connectivity index (χ3n) is 8.23. The molecule has 3 nitrogen and oxygen atoms in total. The van der Waals surface area contributed by atoms with Crippen LogP contribution in [0.2, 0.25) is 0 Å². The fourth-order valence-electron chi connectivity index (χ4n) is 6.24. The van der Waals surface area contributed by atoms with Crippen molar-refractivity contribution in [1.29, 1.82) is 15.8 Å². The van der Waals surface area contributed by atoms with E-state index in [1.165, 1.54) is 30.3 Å². The molecule has 8 rings (SSSR count). The second-order valence-corrected chi connectivity index (χ2v) is 12.7. The van der Waals surface area contributed by atoms with Gasteiger partial charge in [-0.25, -0.2) is 0 Å². The van der Waals surface area contributed by atoms with Crippen molar-refractivity contribution < 1.29 is 0 Å². The SMILES string of the molecule is N#Cc1cccc(C#N)c1-c1cc(-c2cccc3c2sc2ccccc23)cc(-c2ccc3sc4ccccc4c3c2)c1C#N. The summed E-state index contributed by atoms with van der Waals surface area (Å²) in [6, 6.07) is 45.7. The van der Waals surface area contributed by atoms with Crippen molar-refractivity contribution in [3.63, 3.8) is 0 Å². The number of rotatable bonds is 3. The average molecular weight is 594 g/mol. The maximum absolute atomic E-state index is 10.7. The van der Waals surface area contributed by atoms with Crippen LogP contribution in [-0.4, -0.2) is 0 Å². The van der Waals surface area contributed by atoms with Gasteiger partial charge in [0.1, 0.15) is 6.07 Å². The number of benzene rings is 6. The molecule has 0 bridgehead atoms. The Morgan fingerprint density at radius 2 is 1.05 bits per heavy atom. The first-order chi connectivity index (χ1) is 21.7. The third kappa shape index (κ3) is 3.91. The molecule has 0 spiro atoms. The summed E-state index contributed by atoms with van der Waals surface area (Å²) in [6.07, 6.45) is 0. The number of nitriles is 3. The fourth-order valence-corrected chi connectivity index (χ4v) is 8.56. The Bertz CT molecular complexity index is 2570. The van der Waals surface area contributed by atoms with Crippen LogP contribution < -0.4 is 0 Å². The Hall–Kier alpha value is -5.77. The summed E-state index contributed by atoms with van der Waals surface area (Å²) >= 11 is 3.50. The standard InChI is InChI=1S/C39H19N3S2/c40-20-24-7-5-8-25(21-41)38(24)33-19-26(27-11-6-12-30-28-9-1-4-14-36(28)44-39(27)30)18-31(34(33)22-42)23-15-16-37-32(17-23)29-10-2-3-13-35(29)43-37/h1-19H. The maximum atomic E-state index is 10.7. The van der Waals surface area contributed by atoms with E-state index in [1.807, 2.05) is 6.07 Å². The first kappa shape index (κ1) is 25.9. The van der Waals surface area contributed by atoms with E-state index < -0.39 is 0 Å². The zero-order chi connectivity index (χ0) is 29.8. The number of hydrogen-bond donors (Lipinski definition) is 0. The molecule has 0 aliphatic heterocycles. The number of nitrogens with zero attached hydrogens (tertiary/aromatic N) is 3. The van der Waals surface area contributed by atoms with Crippen molar-refractivity contribution in [2.45, 2.75) is 0 Å². The van der Waals surface area contributed by atoms with Crippen molar-refractivity contribution >= 4 is 63.0 Å². The van der Waals surface area contributed by atoms with Crippen molar-refractivity contribution in [3.05, 3.63) is 132 Å². The van der Waals surface area contributed by atoms with E-state index in [9.17, 15) is 15.8 Å². The predicted octanol–water partition coefficient (Wildman–Crippen LogP) is 11.0. The quantitative estimate of drug-likeness (QED) is 0.205. The molecule has 2 heterocycles. The zero-order valence-corrected chi connectivity index (χ0v) is 24.8. The molecule has 0 aliphatic carbocycles. The topological polar surface area (TPSA) is 71.4 Å². The first-order valence-electron chi connectivity index (χ1n) is 14.0. The lowest BCUT2D eigenvalue weighted by atomic mass is 9.85. The summed E-state index contributed by atoms with van der Waals surface area (Å²) < 4.78 is 4.76. The van der Waals surface area contributed by atoms with Gasteiger partial charge in [-0.15, -0.1) is 22.7 Å². The molecule has 2 aromatic heterocycles. The summed E-state index contributed by atoms with van der Waals surface area (Å²) in [5.74, 6) is 0. The van der Waals surface area contributed by atoms with Crippen LogP contribution in [-0.2, 0) is 0 Å². The molecule has 0 atom stereocenters. The summed E-state index contributed by atoms with van der Waals surface area (Å²) in [6.45, 7) is 0. The van der Waals surface area contributed by atoms with E-state index in [2.05, 4.69) is 109 Å². The van der Waals surface area contributed by atoms with Crippen LogP contribution in [0.3, 0.4) is 0 Å². The number of fused-ring (bicyclic) bond motifs is 6. The molecule has 0 amide bonds. The largest absolute Gasteiger partial charge is 0.192 e. The molecule has 0 fully saturated rings. The lowest BCUT2D eigenvalue weighted by molar-refractivity contribution is 1.42. The molecular formula is C39H19N3S2. The molecule has 44 heavy (non-hydrogen) atoms. The van der Waals surface area contributed by atoms with Crippen molar-refractivity contribution in [2.75, 3.05) is 0 Å². The Morgan fingerprint density at radius 1 is 0.432 bits per heavy atom. The van der Waals surface area contributed by atoms with Crippen LogP contribution in [0.15, 0.2) is 115 Å². The lowest BCUT2D eigenvalue weighted by Crippen LogP contribution is -1.97. The van der Waals surface area contributed by atoms with Crippen LogP contribution in [0.4, 0.5) is 0 Å². The molecule has 5 heteroatoms. The van der Waals surface area contributed by atoms with Crippen LogP contribution in [0, 0.1) is 34.0 Å². The van der Waals surface area contributed by atoms with Crippen molar-refractivity contribution in [3.8, 4) is 51.6 Å². The highest BCUT2D eigenvalue weighted by molar-refractivity contribution is 7.26. The molecule has 202 valence electrons. The maximum Gasteiger partial charge on any atom is 0.100 e. The number of hydrogen-bond acceptors (Lipinski definition) is 5. The normalized spacial score (nSPS) is 11.1. The van der Waals surface area contributed by atoms with E-state index in [1.54, 1.807) is 40.9 Å². The van der Waals surface area contributed by atoms with Crippen molar-refractivity contribution in [2.24, 2.45) is 0 Å². The molecule has 0 unspecified atom stereocenters. The summed E-state index contributed by atoms with van der Waals surface area (Å²) in [4.78, 5) is 0.